The van der Waals surface area contributed by atoms with Crippen molar-refractivity contribution in [2.75, 3.05) is 18.0 Å². The van der Waals surface area contributed by atoms with Crippen molar-refractivity contribution >= 4 is 5.69 Å². The molecule has 1 saturated carbocycles. The molecule has 0 aromatic heterocycles. The first-order valence-electron chi connectivity index (χ1n) is 7.59. The van der Waals surface area contributed by atoms with Crippen LogP contribution < -0.4 is 10.2 Å². The number of anilines is 1. The molecule has 3 nitrogen and oxygen atoms in total. The fourth-order valence-electron chi connectivity index (χ4n) is 2.95. The largest absolute Gasteiger partial charge is 0.393 e. The minimum Gasteiger partial charge on any atom is -0.393 e. The number of halogens is 1. The fraction of sp³-hybridized carbons (Fsp3) is 0.625. The second kappa shape index (κ2) is 5.70. The van der Waals surface area contributed by atoms with Crippen LogP contribution in [-0.2, 0) is 6.54 Å². The van der Waals surface area contributed by atoms with Gasteiger partial charge in [-0.05, 0) is 38.3 Å². The van der Waals surface area contributed by atoms with Crippen molar-refractivity contribution in [1.82, 2.24) is 5.32 Å². The quantitative estimate of drug-likeness (QED) is 0.867. The lowest BCUT2D eigenvalue weighted by Crippen LogP contribution is -2.26. The van der Waals surface area contributed by atoms with Gasteiger partial charge in [-0.3, -0.25) is 0 Å². The standard InChI is InChI=1S/C16H23FN2O/c1-11(20)12-7-8-19(10-12)16-4-2-3-15(17)14(16)9-18-13-5-6-13/h2-4,11-13,18,20H,5-10H2,1H3. The molecule has 0 amide bonds. The predicted molar refractivity (Wildman–Crippen MR) is 78.3 cm³/mol. The molecule has 2 aliphatic rings. The molecule has 4 heteroatoms. The molecular weight excluding hydrogens is 255 g/mol. The Morgan fingerprint density at radius 2 is 2.20 bits per heavy atom. The van der Waals surface area contributed by atoms with Gasteiger partial charge in [-0.1, -0.05) is 6.07 Å². The Morgan fingerprint density at radius 1 is 1.40 bits per heavy atom. The van der Waals surface area contributed by atoms with Crippen LogP contribution in [-0.4, -0.2) is 30.3 Å². The average Bonchev–Trinajstić information content (AvgIpc) is 3.11. The zero-order valence-electron chi connectivity index (χ0n) is 12.0. The zero-order chi connectivity index (χ0) is 14.1. The normalized spacial score (nSPS) is 24.1. The van der Waals surface area contributed by atoms with Gasteiger partial charge in [0.2, 0.25) is 0 Å². The van der Waals surface area contributed by atoms with Crippen LogP contribution in [0.3, 0.4) is 0 Å². The summed E-state index contributed by atoms with van der Waals surface area (Å²) in [7, 11) is 0. The highest BCUT2D eigenvalue weighted by Crippen LogP contribution is 2.30. The van der Waals surface area contributed by atoms with E-state index in [-0.39, 0.29) is 11.9 Å². The van der Waals surface area contributed by atoms with E-state index in [1.54, 1.807) is 6.07 Å². The van der Waals surface area contributed by atoms with Crippen molar-refractivity contribution in [3.63, 3.8) is 0 Å². The van der Waals surface area contributed by atoms with Gasteiger partial charge in [0.1, 0.15) is 5.82 Å². The van der Waals surface area contributed by atoms with Crippen LogP contribution in [0.25, 0.3) is 0 Å². The molecule has 0 radical (unpaired) electrons. The molecule has 1 saturated heterocycles. The van der Waals surface area contributed by atoms with Crippen LogP contribution in [0.5, 0.6) is 0 Å². The van der Waals surface area contributed by atoms with E-state index in [1.165, 1.54) is 18.9 Å². The summed E-state index contributed by atoms with van der Waals surface area (Å²) < 4.78 is 14.1. The molecule has 20 heavy (non-hydrogen) atoms. The van der Waals surface area contributed by atoms with E-state index in [0.717, 1.165) is 30.8 Å². The van der Waals surface area contributed by atoms with Gasteiger partial charge in [-0.2, -0.15) is 0 Å². The summed E-state index contributed by atoms with van der Waals surface area (Å²) in [5.74, 6) is 0.165. The van der Waals surface area contributed by atoms with Crippen LogP contribution in [0.2, 0.25) is 0 Å². The first-order chi connectivity index (χ1) is 9.65. The Bertz CT molecular complexity index is 474. The van der Waals surface area contributed by atoms with Gasteiger partial charge in [0.15, 0.2) is 0 Å². The van der Waals surface area contributed by atoms with Gasteiger partial charge in [0.05, 0.1) is 6.10 Å². The lowest BCUT2D eigenvalue weighted by Gasteiger charge is -2.23. The highest BCUT2D eigenvalue weighted by atomic mass is 19.1. The Balaban J connectivity index is 1.76. The molecule has 1 aliphatic heterocycles. The van der Waals surface area contributed by atoms with Crippen LogP contribution in [0.4, 0.5) is 10.1 Å². The summed E-state index contributed by atoms with van der Waals surface area (Å²) in [5, 5.41) is 13.1. The molecule has 0 spiro atoms. The minimum absolute atomic E-state index is 0.129. The third-order valence-corrected chi connectivity index (χ3v) is 4.49. The number of hydrogen-bond acceptors (Lipinski definition) is 3. The van der Waals surface area contributed by atoms with Gasteiger partial charge >= 0.3 is 0 Å². The molecule has 2 atom stereocenters. The summed E-state index contributed by atoms with van der Waals surface area (Å²) in [6.07, 6.45) is 3.10. The molecule has 1 heterocycles. The first kappa shape index (κ1) is 13.8. The topological polar surface area (TPSA) is 35.5 Å². The molecule has 2 fully saturated rings. The number of rotatable bonds is 5. The van der Waals surface area contributed by atoms with Crippen molar-refractivity contribution in [1.29, 1.82) is 0 Å². The molecule has 3 rings (SSSR count). The van der Waals surface area contributed by atoms with Crippen molar-refractivity contribution in [3.8, 4) is 0 Å². The van der Waals surface area contributed by atoms with Gasteiger partial charge in [-0.15, -0.1) is 0 Å². The monoisotopic (exact) mass is 278 g/mol. The predicted octanol–water partition coefficient (Wildman–Crippen LogP) is 2.28. The maximum Gasteiger partial charge on any atom is 0.129 e. The summed E-state index contributed by atoms with van der Waals surface area (Å²) in [5.41, 5.74) is 1.76. The van der Waals surface area contributed by atoms with Crippen molar-refractivity contribution in [3.05, 3.63) is 29.6 Å². The summed E-state index contributed by atoms with van der Waals surface area (Å²) in [6, 6.07) is 5.89. The van der Waals surface area contributed by atoms with Crippen LogP contribution in [0.1, 0.15) is 31.7 Å². The maximum atomic E-state index is 14.1. The number of hydrogen-bond donors (Lipinski definition) is 2. The lowest BCUT2D eigenvalue weighted by atomic mass is 10.0. The minimum atomic E-state index is -0.290. The van der Waals surface area contributed by atoms with Crippen LogP contribution in [0.15, 0.2) is 18.2 Å². The highest BCUT2D eigenvalue weighted by Gasteiger charge is 2.28. The smallest absolute Gasteiger partial charge is 0.129 e. The molecule has 2 N–H and O–H groups in total. The molecular formula is C16H23FN2O. The first-order valence-corrected chi connectivity index (χ1v) is 7.59. The Hall–Kier alpha value is -1.13. The molecule has 0 bridgehead atoms. The van der Waals surface area contributed by atoms with Crippen molar-refractivity contribution < 1.29 is 9.50 Å². The molecule has 1 aromatic carbocycles. The average molecular weight is 278 g/mol. The second-order valence-electron chi connectivity index (χ2n) is 6.13. The SMILES string of the molecule is CC(O)C1CCN(c2cccc(F)c2CNC2CC2)C1. The van der Waals surface area contributed by atoms with E-state index < -0.39 is 0 Å². The van der Waals surface area contributed by atoms with E-state index in [1.807, 2.05) is 13.0 Å². The summed E-state index contributed by atoms with van der Waals surface area (Å²) in [4.78, 5) is 2.21. The molecule has 2 unspecified atom stereocenters. The van der Waals surface area contributed by atoms with E-state index in [2.05, 4.69) is 10.2 Å². The van der Waals surface area contributed by atoms with E-state index in [4.69, 9.17) is 0 Å². The Kier molecular flexibility index (Phi) is 3.94. The van der Waals surface area contributed by atoms with E-state index in [9.17, 15) is 9.50 Å². The summed E-state index contributed by atoms with van der Waals surface area (Å²) >= 11 is 0. The number of benzene rings is 1. The maximum absolute atomic E-state index is 14.1. The fourth-order valence-corrected chi connectivity index (χ4v) is 2.95. The molecule has 110 valence electrons. The van der Waals surface area contributed by atoms with E-state index in [0.29, 0.717) is 18.5 Å². The van der Waals surface area contributed by atoms with Gasteiger partial charge in [0, 0.05) is 42.8 Å². The molecule has 1 aliphatic carbocycles. The zero-order valence-corrected chi connectivity index (χ0v) is 12.0. The van der Waals surface area contributed by atoms with Gasteiger partial charge in [-0.25, -0.2) is 4.39 Å². The summed E-state index contributed by atoms with van der Waals surface area (Å²) in [6.45, 7) is 4.16. The molecule has 1 aromatic rings. The number of nitrogens with one attached hydrogen (secondary N) is 1. The van der Waals surface area contributed by atoms with E-state index >= 15 is 0 Å². The van der Waals surface area contributed by atoms with Crippen molar-refractivity contribution in [2.24, 2.45) is 5.92 Å². The third-order valence-electron chi connectivity index (χ3n) is 4.49. The lowest BCUT2D eigenvalue weighted by molar-refractivity contribution is 0.136. The number of aliphatic hydroxyl groups is 1. The second-order valence-corrected chi connectivity index (χ2v) is 6.13. The van der Waals surface area contributed by atoms with Crippen LogP contribution in [0, 0.1) is 11.7 Å². The van der Waals surface area contributed by atoms with Crippen molar-refractivity contribution in [2.45, 2.75) is 44.9 Å². The van der Waals surface area contributed by atoms with Crippen LogP contribution >= 0.6 is 0 Å². The highest BCUT2D eigenvalue weighted by molar-refractivity contribution is 5.55. The van der Waals surface area contributed by atoms with Gasteiger partial charge in [0.25, 0.3) is 0 Å². The third kappa shape index (κ3) is 2.96. The number of nitrogens with zero attached hydrogens (tertiary/aromatic N) is 1. The van der Waals surface area contributed by atoms with Gasteiger partial charge < -0.3 is 15.3 Å². The Labute approximate surface area is 119 Å². The Morgan fingerprint density at radius 3 is 2.85 bits per heavy atom. The number of aliphatic hydroxyl groups excluding tert-OH is 1.